The van der Waals surface area contributed by atoms with E-state index in [-0.39, 0.29) is 0 Å². The van der Waals surface area contributed by atoms with Gasteiger partial charge in [-0.25, -0.2) is 0 Å². The van der Waals surface area contributed by atoms with E-state index in [2.05, 4.69) is 48.9 Å². The lowest BCUT2D eigenvalue weighted by Crippen LogP contribution is -2.57. The molecule has 1 atom stereocenters. The van der Waals surface area contributed by atoms with Gasteiger partial charge in [0.2, 0.25) is 0 Å². The van der Waals surface area contributed by atoms with E-state index in [1.54, 1.807) is 0 Å². The molecule has 1 aliphatic rings. The lowest BCUT2D eigenvalue weighted by molar-refractivity contribution is 0.109. The summed E-state index contributed by atoms with van der Waals surface area (Å²) in [6.45, 7) is 0. The van der Waals surface area contributed by atoms with Crippen LogP contribution in [-0.4, -0.2) is 37.6 Å². The summed E-state index contributed by atoms with van der Waals surface area (Å²) in [4.78, 5) is 3.95. The molecule has 0 saturated heterocycles. The van der Waals surface area contributed by atoms with Gasteiger partial charge in [0.05, 0.1) is 0 Å². The van der Waals surface area contributed by atoms with E-state index in [0.29, 0.717) is 11.6 Å². The zero-order valence-corrected chi connectivity index (χ0v) is 12.0. The standard InChI is InChI=1S/C14H24N2S/c1-15-13(11-12-7-6-10-17-12)14(16(2)3)8-4-5-9-14/h6-7,10,13,15H,4-5,8-9,11H2,1-3H3. The predicted octanol–water partition coefficient (Wildman–Crippen LogP) is 2.75. The van der Waals surface area contributed by atoms with Gasteiger partial charge in [-0.1, -0.05) is 18.9 Å². The van der Waals surface area contributed by atoms with Crippen molar-refractivity contribution in [3.8, 4) is 0 Å². The number of rotatable bonds is 5. The van der Waals surface area contributed by atoms with Crippen molar-refractivity contribution in [2.45, 2.75) is 43.7 Å². The van der Waals surface area contributed by atoms with Gasteiger partial charge in [-0.3, -0.25) is 0 Å². The summed E-state index contributed by atoms with van der Waals surface area (Å²) in [6.07, 6.45) is 6.57. The molecule has 0 amide bonds. The van der Waals surface area contributed by atoms with Crippen LogP contribution in [0.5, 0.6) is 0 Å². The van der Waals surface area contributed by atoms with Crippen LogP contribution in [0.15, 0.2) is 17.5 Å². The molecule has 3 heteroatoms. The predicted molar refractivity (Wildman–Crippen MR) is 75.8 cm³/mol. The molecule has 0 aliphatic heterocycles. The minimum absolute atomic E-state index is 0.360. The highest BCUT2D eigenvalue weighted by Gasteiger charge is 2.42. The Hall–Kier alpha value is -0.380. The van der Waals surface area contributed by atoms with Crippen LogP contribution in [0, 0.1) is 0 Å². The largest absolute Gasteiger partial charge is 0.315 e. The van der Waals surface area contributed by atoms with Gasteiger partial charge in [-0.15, -0.1) is 11.3 Å². The third kappa shape index (κ3) is 2.56. The van der Waals surface area contributed by atoms with E-state index in [4.69, 9.17) is 0 Å². The Morgan fingerprint density at radius 1 is 1.41 bits per heavy atom. The Morgan fingerprint density at radius 3 is 2.59 bits per heavy atom. The third-order valence-corrected chi connectivity index (χ3v) is 5.24. The first-order valence-corrected chi connectivity index (χ1v) is 7.44. The maximum Gasteiger partial charge on any atom is 0.0359 e. The van der Waals surface area contributed by atoms with E-state index in [9.17, 15) is 0 Å². The van der Waals surface area contributed by atoms with Crippen molar-refractivity contribution in [1.82, 2.24) is 10.2 Å². The second kappa shape index (κ2) is 5.51. The Labute approximate surface area is 109 Å². The first-order valence-electron chi connectivity index (χ1n) is 6.56. The Balaban J connectivity index is 2.15. The molecule has 1 aliphatic carbocycles. The van der Waals surface area contributed by atoms with E-state index >= 15 is 0 Å². The van der Waals surface area contributed by atoms with Gasteiger partial charge < -0.3 is 10.2 Å². The Morgan fingerprint density at radius 2 is 2.12 bits per heavy atom. The van der Waals surface area contributed by atoms with Crippen molar-refractivity contribution < 1.29 is 0 Å². The summed E-state index contributed by atoms with van der Waals surface area (Å²) >= 11 is 1.88. The van der Waals surface area contributed by atoms with Crippen LogP contribution >= 0.6 is 11.3 Å². The second-order valence-corrected chi connectivity index (χ2v) is 6.36. The summed E-state index contributed by atoms with van der Waals surface area (Å²) in [5.41, 5.74) is 0.360. The minimum atomic E-state index is 0.360. The number of hydrogen-bond donors (Lipinski definition) is 1. The normalized spacial score (nSPS) is 20.9. The molecule has 1 fully saturated rings. The Bertz CT molecular complexity index is 326. The van der Waals surface area contributed by atoms with Gasteiger partial charge in [-0.05, 0) is 51.9 Å². The molecular weight excluding hydrogens is 228 g/mol. The number of likely N-dealkylation sites (N-methyl/N-ethyl adjacent to an activating group) is 2. The maximum absolute atomic E-state index is 3.57. The van der Waals surface area contributed by atoms with Crippen LogP contribution in [-0.2, 0) is 6.42 Å². The van der Waals surface area contributed by atoms with Gasteiger partial charge >= 0.3 is 0 Å². The van der Waals surface area contributed by atoms with Crippen LogP contribution in [0.2, 0.25) is 0 Å². The van der Waals surface area contributed by atoms with E-state index < -0.39 is 0 Å². The fourth-order valence-corrected chi connectivity index (χ4v) is 4.04. The van der Waals surface area contributed by atoms with Gasteiger partial charge in [0.15, 0.2) is 0 Å². The monoisotopic (exact) mass is 252 g/mol. The van der Waals surface area contributed by atoms with E-state index in [0.717, 1.165) is 6.42 Å². The molecule has 17 heavy (non-hydrogen) atoms. The van der Waals surface area contributed by atoms with Crippen molar-refractivity contribution in [2.75, 3.05) is 21.1 Å². The lowest BCUT2D eigenvalue weighted by atomic mass is 9.84. The van der Waals surface area contributed by atoms with Crippen LogP contribution in [0.3, 0.4) is 0 Å². The first-order chi connectivity index (χ1) is 8.19. The SMILES string of the molecule is CNC(Cc1cccs1)C1(N(C)C)CCCC1. The molecule has 1 aromatic heterocycles. The zero-order valence-electron chi connectivity index (χ0n) is 11.2. The van der Waals surface area contributed by atoms with Crippen LogP contribution in [0.1, 0.15) is 30.6 Å². The summed E-state index contributed by atoms with van der Waals surface area (Å²) in [5.74, 6) is 0. The number of nitrogens with zero attached hydrogens (tertiary/aromatic N) is 1. The summed E-state index contributed by atoms with van der Waals surface area (Å²) in [5, 5.41) is 5.75. The van der Waals surface area contributed by atoms with Crippen LogP contribution in [0.4, 0.5) is 0 Å². The molecule has 1 aromatic rings. The number of hydrogen-bond acceptors (Lipinski definition) is 3. The van der Waals surface area contributed by atoms with E-state index in [1.165, 1.54) is 30.6 Å². The average Bonchev–Trinajstić information content (AvgIpc) is 2.97. The fourth-order valence-electron chi connectivity index (χ4n) is 3.29. The Kier molecular flexibility index (Phi) is 4.23. The number of thiophene rings is 1. The molecular formula is C14H24N2S. The van der Waals surface area contributed by atoms with Crippen molar-refractivity contribution in [3.63, 3.8) is 0 Å². The fraction of sp³-hybridized carbons (Fsp3) is 0.714. The highest BCUT2D eigenvalue weighted by atomic mass is 32.1. The first kappa shape index (κ1) is 13.1. The molecule has 1 saturated carbocycles. The van der Waals surface area contributed by atoms with E-state index in [1.807, 2.05) is 11.3 Å². The van der Waals surface area contributed by atoms with Crippen molar-refractivity contribution in [2.24, 2.45) is 0 Å². The molecule has 1 N–H and O–H groups in total. The van der Waals surface area contributed by atoms with Crippen molar-refractivity contribution in [3.05, 3.63) is 22.4 Å². The third-order valence-electron chi connectivity index (χ3n) is 4.34. The van der Waals surface area contributed by atoms with Crippen LogP contribution in [0.25, 0.3) is 0 Å². The summed E-state index contributed by atoms with van der Waals surface area (Å²) in [7, 11) is 6.59. The number of nitrogens with one attached hydrogen (secondary N) is 1. The minimum Gasteiger partial charge on any atom is -0.315 e. The zero-order chi connectivity index (χ0) is 12.3. The second-order valence-electron chi connectivity index (χ2n) is 5.33. The molecule has 2 nitrogen and oxygen atoms in total. The summed E-state index contributed by atoms with van der Waals surface area (Å²) in [6, 6.07) is 4.98. The summed E-state index contributed by atoms with van der Waals surface area (Å²) < 4.78 is 0. The maximum atomic E-state index is 3.57. The molecule has 0 radical (unpaired) electrons. The molecule has 1 heterocycles. The topological polar surface area (TPSA) is 15.3 Å². The molecule has 0 aromatic carbocycles. The molecule has 0 bridgehead atoms. The van der Waals surface area contributed by atoms with Crippen molar-refractivity contribution >= 4 is 11.3 Å². The quantitative estimate of drug-likeness (QED) is 0.867. The molecule has 0 spiro atoms. The molecule has 1 unspecified atom stereocenters. The van der Waals surface area contributed by atoms with Gasteiger partial charge in [0, 0.05) is 16.5 Å². The molecule has 96 valence electrons. The highest BCUT2D eigenvalue weighted by Crippen LogP contribution is 2.38. The highest BCUT2D eigenvalue weighted by molar-refractivity contribution is 7.09. The van der Waals surface area contributed by atoms with Crippen molar-refractivity contribution in [1.29, 1.82) is 0 Å². The van der Waals surface area contributed by atoms with Gasteiger partial charge in [0.1, 0.15) is 0 Å². The molecule has 2 rings (SSSR count). The van der Waals surface area contributed by atoms with Gasteiger partial charge in [-0.2, -0.15) is 0 Å². The van der Waals surface area contributed by atoms with Gasteiger partial charge in [0.25, 0.3) is 0 Å². The lowest BCUT2D eigenvalue weighted by Gasteiger charge is -2.43. The van der Waals surface area contributed by atoms with Crippen LogP contribution < -0.4 is 5.32 Å². The smallest absolute Gasteiger partial charge is 0.0359 e. The average molecular weight is 252 g/mol.